The number of amides is 1. The van der Waals surface area contributed by atoms with Gasteiger partial charge in [0.25, 0.3) is 5.91 Å². The molecule has 0 radical (unpaired) electrons. The third-order valence-corrected chi connectivity index (χ3v) is 4.82. The smallest absolute Gasteiger partial charge is 0.276 e. The van der Waals surface area contributed by atoms with E-state index >= 15 is 0 Å². The summed E-state index contributed by atoms with van der Waals surface area (Å²) in [4.78, 5) is 24.2. The highest BCUT2D eigenvalue weighted by Crippen LogP contribution is 2.33. The van der Waals surface area contributed by atoms with Crippen LogP contribution >= 0.6 is 22.9 Å². The van der Waals surface area contributed by atoms with Crippen LogP contribution in [0.5, 0.6) is 0 Å². The van der Waals surface area contributed by atoms with Crippen molar-refractivity contribution in [1.29, 1.82) is 0 Å². The van der Waals surface area contributed by atoms with Crippen LogP contribution in [0.2, 0.25) is 5.02 Å². The third-order valence-electron chi connectivity index (χ3n) is 3.83. The number of aryl methyl sites for hydroxylation is 1. The van der Waals surface area contributed by atoms with Crippen LogP contribution in [-0.4, -0.2) is 20.9 Å². The Labute approximate surface area is 152 Å². The number of aromatic amines is 1. The number of rotatable bonds is 3. The summed E-state index contributed by atoms with van der Waals surface area (Å²) in [7, 11) is 0. The number of hydrogen-bond donors (Lipinski definition) is 2. The second-order valence-electron chi connectivity index (χ2n) is 5.52. The number of carbonyl (C=O) groups excluding carboxylic acids is 1. The Morgan fingerprint density at radius 2 is 2.12 bits per heavy atom. The highest BCUT2D eigenvalue weighted by molar-refractivity contribution is 7.14. The first-order valence-corrected chi connectivity index (χ1v) is 8.83. The third kappa shape index (κ3) is 3.01. The first-order valence-electron chi connectivity index (χ1n) is 7.58. The molecule has 4 aromatic rings. The lowest BCUT2D eigenvalue weighted by atomic mass is 10.1. The zero-order valence-electron chi connectivity index (χ0n) is 13.2. The fourth-order valence-corrected chi connectivity index (χ4v) is 3.60. The minimum atomic E-state index is -0.334. The van der Waals surface area contributed by atoms with Gasteiger partial charge in [-0.2, -0.15) is 0 Å². The maximum absolute atomic E-state index is 12.3. The zero-order chi connectivity index (χ0) is 17.4. The molecule has 5 nitrogen and oxygen atoms in total. The van der Waals surface area contributed by atoms with Crippen molar-refractivity contribution in [2.45, 2.75) is 6.92 Å². The normalized spacial score (nSPS) is 11.0. The summed E-state index contributed by atoms with van der Waals surface area (Å²) in [6.07, 6.45) is 1.50. The summed E-state index contributed by atoms with van der Waals surface area (Å²) in [5, 5.41) is 6.80. The van der Waals surface area contributed by atoms with E-state index < -0.39 is 0 Å². The Morgan fingerprint density at radius 1 is 1.28 bits per heavy atom. The molecule has 2 N–H and O–H groups in total. The number of nitrogens with one attached hydrogen (secondary N) is 2. The number of aromatic nitrogens is 3. The van der Waals surface area contributed by atoms with Crippen LogP contribution in [-0.2, 0) is 0 Å². The molecule has 0 saturated heterocycles. The van der Waals surface area contributed by atoms with Crippen molar-refractivity contribution in [3.63, 3.8) is 0 Å². The van der Waals surface area contributed by atoms with E-state index in [2.05, 4.69) is 26.3 Å². The van der Waals surface area contributed by atoms with Gasteiger partial charge in [-0.15, -0.1) is 11.3 Å². The molecule has 3 heterocycles. The minimum absolute atomic E-state index is 0.257. The average molecular weight is 369 g/mol. The lowest BCUT2D eigenvalue weighted by Gasteiger charge is -2.01. The second kappa shape index (κ2) is 6.31. The van der Waals surface area contributed by atoms with Gasteiger partial charge < -0.3 is 4.98 Å². The Bertz CT molecular complexity index is 1090. The largest absolute Gasteiger partial charge is 0.358 e. The van der Waals surface area contributed by atoms with Gasteiger partial charge >= 0.3 is 0 Å². The van der Waals surface area contributed by atoms with Gasteiger partial charge in [0.1, 0.15) is 5.69 Å². The summed E-state index contributed by atoms with van der Waals surface area (Å²) >= 11 is 7.27. The summed E-state index contributed by atoms with van der Waals surface area (Å²) in [5.74, 6) is -0.334. The molecule has 1 aromatic carbocycles. The Morgan fingerprint density at radius 3 is 2.96 bits per heavy atom. The standard InChI is InChI=1S/C18H13ClN4OS/c1-10-16(12-4-2-3-5-13(12)21-10)15-9-25-18(22-15)23-17(24)14-8-11(19)6-7-20-14/h2-9,21H,1H3,(H,22,23,24). The van der Waals surface area contributed by atoms with E-state index in [4.69, 9.17) is 11.6 Å². The molecule has 124 valence electrons. The highest BCUT2D eigenvalue weighted by Gasteiger charge is 2.15. The first kappa shape index (κ1) is 15.8. The van der Waals surface area contributed by atoms with E-state index in [0.29, 0.717) is 10.2 Å². The number of fused-ring (bicyclic) bond motifs is 1. The van der Waals surface area contributed by atoms with Gasteiger partial charge in [-0.05, 0) is 25.1 Å². The molecule has 1 amide bonds. The van der Waals surface area contributed by atoms with E-state index in [1.165, 1.54) is 23.6 Å². The molecule has 0 atom stereocenters. The molecule has 0 aliphatic carbocycles. The van der Waals surface area contributed by atoms with Crippen molar-refractivity contribution in [1.82, 2.24) is 15.0 Å². The van der Waals surface area contributed by atoms with Gasteiger partial charge in [0.05, 0.1) is 5.69 Å². The first-order chi connectivity index (χ1) is 12.1. The Balaban J connectivity index is 1.64. The number of hydrogen-bond acceptors (Lipinski definition) is 4. The van der Waals surface area contributed by atoms with Crippen molar-refractivity contribution in [2.24, 2.45) is 0 Å². The maximum atomic E-state index is 12.3. The van der Waals surface area contributed by atoms with Crippen LogP contribution in [0.25, 0.3) is 22.2 Å². The number of H-pyrrole nitrogens is 1. The van der Waals surface area contributed by atoms with Crippen molar-refractivity contribution in [3.05, 3.63) is 64.4 Å². The number of benzene rings is 1. The fraction of sp³-hybridized carbons (Fsp3) is 0.0556. The number of thiazole rings is 1. The van der Waals surface area contributed by atoms with Crippen molar-refractivity contribution >= 4 is 44.9 Å². The molecule has 4 rings (SSSR count). The zero-order valence-corrected chi connectivity index (χ0v) is 14.8. The van der Waals surface area contributed by atoms with Crippen LogP contribution in [0, 0.1) is 6.92 Å². The fourth-order valence-electron chi connectivity index (χ4n) is 2.74. The van der Waals surface area contributed by atoms with E-state index in [1.54, 1.807) is 6.07 Å². The number of anilines is 1. The molecular weight excluding hydrogens is 356 g/mol. The molecule has 0 saturated carbocycles. The summed E-state index contributed by atoms with van der Waals surface area (Å²) in [6.45, 7) is 2.02. The number of halogens is 1. The van der Waals surface area contributed by atoms with Crippen molar-refractivity contribution < 1.29 is 4.79 Å². The number of pyridine rings is 1. The van der Waals surface area contributed by atoms with Crippen LogP contribution < -0.4 is 5.32 Å². The average Bonchev–Trinajstić information content (AvgIpc) is 3.17. The molecule has 0 spiro atoms. The van der Waals surface area contributed by atoms with E-state index in [-0.39, 0.29) is 11.6 Å². The Kier molecular flexibility index (Phi) is 3.99. The second-order valence-corrected chi connectivity index (χ2v) is 6.82. The number of nitrogens with zero attached hydrogens (tertiary/aromatic N) is 2. The van der Waals surface area contributed by atoms with Crippen LogP contribution in [0.15, 0.2) is 48.0 Å². The quantitative estimate of drug-likeness (QED) is 0.540. The predicted octanol–water partition coefficient (Wildman–Crippen LogP) is 4.90. The lowest BCUT2D eigenvalue weighted by molar-refractivity contribution is 0.102. The van der Waals surface area contributed by atoms with Crippen molar-refractivity contribution in [3.8, 4) is 11.3 Å². The molecule has 0 aliphatic rings. The molecular formula is C18H13ClN4OS. The number of carbonyl (C=O) groups is 1. The highest BCUT2D eigenvalue weighted by atomic mass is 35.5. The summed E-state index contributed by atoms with van der Waals surface area (Å²) in [5.41, 5.74) is 4.24. The molecule has 0 aliphatic heterocycles. The summed E-state index contributed by atoms with van der Waals surface area (Å²) < 4.78 is 0. The SMILES string of the molecule is Cc1[nH]c2ccccc2c1-c1csc(NC(=O)c2cc(Cl)ccn2)n1. The van der Waals surface area contributed by atoms with Crippen molar-refractivity contribution in [2.75, 3.05) is 5.32 Å². The van der Waals surface area contributed by atoms with Gasteiger partial charge in [0.2, 0.25) is 0 Å². The van der Waals surface area contributed by atoms with Gasteiger partial charge in [0, 0.05) is 38.8 Å². The molecule has 0 unspecified atom stereocenters. The van der Waals surface area contributed by atoms with E-state index in [9.17, 15) is 4.79 Å². The minimum Gasteiger partial charge on any atom is -0.358 e. The van der Waals surface area contributed by atoms with E-state index in [1.807, 2.05) is 30.5 Å². The maximum Gasteiger partial charge on any atom is 0.276 e. The topological polar surface area (TPSA) is 70.7 Å². The van der Waals surface area contributed by atoms with Gasteiger partial charge in [-0.25, -0.2) is 4.98 Å². The van der Waals surface area contributed by atoms with Crippen LogP contribution in [0.1, 0.15) is 16.2 Å². The molecule has 0 bridgehead atoms. The number of para-hydroxylation sites is 1. The van der Waals surface area contributed by atoms with Gasteiger partial charge in [0.15, 0.2) is 5.13 Å². The monoisotopic (exact) mass is 368 g/mol. The molecule has 0 fully saturated rings. The van der Waals surface area contributed by atoms with Gasteiger partial charge in [-0.1, -0.05) is 29.8 Å². The Hall–Kier alpha value is -2.70. The molecule has 3 aromatic heterocycles. The van der Waals surface area contributed by atoms with Crippen LogP contribution in [0.4, 0.5) is 5.13 Å². The van der Waals surface area contributed by atoms with E-state index in [0.717, 1.165) is 27.9 Å². The lowest BCUT2D eigenvalue weighted by Crippen LogP contribution is -2.13. The van der Waals surface area contributed by atoms with Crippen LogP contribution in [0.3, 0.4) is 0 Å². The molecule has 25 heavy (non-hydrogen) atoms. The van der Waals surface area contributed by atoms with Gasteiger partial charge in [-0.3, -0.25) is 15.1 Å². The predicted molar refractivity (Wildman–Crippen MR) is 101 cm³/mol. The summed E-state index contributed by atoms with van der Waals surface area (Å²) in [6, 6.07) is 11.2. The molecule has 7 heteroatoms.